The highest BCUT2D eigenvalue weighted by molar-refractivity contribution is 5.93. The molecule has 0 heterocycles. The van der Waals surface area contributed by atoms with Crippen LogP contribution in [0.4, 0.5) is 0 Å². The van der Waals surface area contributed by atoms with Crippen molar-refractivity contribution in [3.8, 4) is 0 Å². The van der Waals surface area contributed by atoms with Crippen LogP contribution in [0.1, 0.15) is 72.1 Å². The number of hydrogen-bond acceptors (Lipinski definition) is 10. The Kier molecular flexibility index (Phi) is 15.9. The lowest BCUT2D eigenvalue weighted by molar-refractivity contribution is -0.144. The van der Waals surface area contributed by atoms with Gasteiger partial charge >= 0.3 is 35.8 Å². The summed E-state index contributed by atoms with van der Waals surface area (Å²) in [6, 6.07) is 5.75. The second-order valence-electron chi connectivity index (χ2n) is 7.92. The van der Waals surface area contributed by atoms with Gasteiger partial charge in [-0.25, -0.2) is 19.2 Å². The van der Waals surface area contributed by atoms with E-state index in [1.165, 1.54) is 24.3 Å². The summed E-state index contributed by atoms with van der Waals surface area (Å²) in [5.41, 5.74) is 0.504. The van der Waals surface area contributed by atoms with Gasteiger partial charge in [-0.1, -0.05) is 0 Å². The van der Waals surface area contributed by atoms with E-state index in [2.05, 4.69) is 0 Å². The summed E-state index contributed by atoms with van der Waals surface area (Å²) in [6.45, 7) is 0.453. The molecule has 0 unspecified atom stereocenters. The summed E-state index contributed by atoms with van der Waals surface area (Å²) < 4.78 is 20.1. The third-order valence-corrected chi connectivity index (χ3v) is 4.79. The first-order valence-corrected chi connectivity index (χ1v) is 12.1. The molecule has 0 bridgehead atoms. The molecule has 0 spiro atoms. The number of hydrogen-bond donors (Lipinski definition) is 2. The lowest BCUT2D eigenvalue weighted by Crippen LogP contribution is -2.10. The van der Waals surface area contributed by atoms with Gasteiger partial charge in [-0.3, -0.25) is 9.59 Å². The molecule has 0 aromatic heterocycles. The minimum atomic E-state index is -1.25. The fourth-order valence-corrected chi connectivity index (χ4v) is 2.81. The molecule has 0 amide bonds. The minimum absolute atomic E-state index is 0.0197. The molecule has 0 atom stereocenters. The Bertz CT molecular complexity index is 965. The first-order chi connectivity index (χ1) is 18.2. The molecule has 2 N–H and O–H groups in total. The smallest absolute Gasteiger partial charge is 0.338 e. The lowest BCUT2D eigenvalue weighted by Gasteiger charge is -2.07. The maximum absolute atomic E-state index is 12.1. The molecule has 0 saturated carbocycles. The molecule has 38 heavy (non-hydrogen) atoms. The number of carbonyl (C=O) groups excluding carboxylic acids is 4. The molecule has 12 heteroatoms. The molecule has 12 nitrogen and oxygen atoms in total. The highest BCUT2D eigenvalue weighted by Crippen LogP contribution is 2.09. The van der Waals surface area contributed by atoms with Gasteiger partial charge in [-0.15, -0.1) is 0 Å². The summed E-state index contributed by atoms with van der Waals surface area (Å²) in [7, 11) is 0. The summed E-state index contributed by atoms with van der Waals surface area (Å²) in [6.07, 6.45) is 4.37. The third kappa shape index (κ3) is 15.7. The van der Waals surface area contributed by atoms with E-state index in [0.717, 1.165) is 6.08 Å². The van der Waals surface area contributed by atoms with Crippen LogP contribution in [-0.4, -0.2) is 72.5 Å². The second-order valence-corrected chi connectivity index (χ2v) is 7.92. The maximum atomic E-state index is 12.1. The van der Waals surface area contributed by atoms with Crippen molar-refractivity contribution in [3.05, 3.63) is 47.5 Å². The Morgan fingerprint density at radius 3 is 1.50 bits per heavy atom. The molecule has 0 aliphatic rings. The van der Waals surface area contributed by atoms with E-state index in [0.29, 0.717) is 44.6 Å². The van der Waals surface area contributed by atoms with Crippen molar-refractivity contribution in [2.75, 3.05) is 26.4 Å². The Balaban J connectivity index is 2.16. The van der Waals surface area contributed by atoms with Crippen LogP contribution in [0.25, 0.3) is 0 Å². The Hall–Kier alpha value is -4.22. The molecule has 0 fully saturated rings. The molecular weight excluding hydrogens is 504 g/mol. The van der Waals surface area contributed by atoms with Crippen molar-refractivity contribution in [1.29, 1.82) is 0 Å². The molecule has 0 aliphatic heterocycles. The summed E-state index contributed by atoms with van der Waals surface area (Å²) in [4.78, 5) is 67.6. The monoisotopic (exact) mass is 536 g/mol. The van der Waals surface area contributed by atoms with Crippen LogP contribution in [0, 0.1) is 0 Å². The van der Waals surface area contributed by atoms with E-state index in [1.807, 2.05) is 0 Å². The quantitative estimate of drug-likeness (QED) is 0.114. The van der Waals surface area contributed by atoms with Gasteiger partial charge < -0.3 is 29.2 Å². The van der Waals surface area contributed by atoms with E-state index in [9.17, 15) is 28.8 Å². The highest BCUT2D eigenvalue weighted by atomic mass is 16.5. The standard InChI is InChI=1S/C26H32O12/c27-21(28)7-1-2-8-23(31)35-15-3-5-17-37-25(33)19-9-11-20(12-10-19)26(34)38-18-6-4-16-36-24(32)14-13-22(29)30/h9-14H,1-8,15-18H2,(H,27,28)(H,29,30)/b14-13-. The van der Waals surface area contributed by atoms with Crippen molar-refractivity contribution >= 4 is 35.8 Å². The van der Waals surface area contributed by atoms with Crippen molar-refractivity contribution in [2.45, 2.75) is 51.4 Å². The number of aliphatic carboxylic acids is 2. The largest absolute Gasteiger partial charge is 0.481 e. The molecule has 0 aliphatic carbocycles. The van der Waals surface area contributed by atoms with Gasteiger partial charge in [-0.2, -0.15) is 0 Å². The predicted molar refractivity (Wildman–Crippen MR) is 130 cm³/mol. The zero-order valence-corrected chi connectivity index (χ0v) is 20.9. The molecule has 1 aromatic rings. The van der Waals surface area contributed by atoms with E-state index >= 15 is 0 Å². The molecule has 208 valence electrons. The number of esters is 4. The summed E-state index contributed by atoms with van der Waals surface area (Å²) >= 11 is 0. The van der Waals surface area contributed by atoms with Crippen molar-refractivity contribution in [2.24, 2.45) is 0 Å². The first-order valence-electron chi connectivity index (χ1n) is 12.1. The fourth-order valence-electron chi connectivity index (χ4n) is 2.81. The number of rotatable bonds is 19. The van der Waals surface area contributed by atoms with Crippen LogP contribution in [0.5, 0.6) is 0 Å². The molecule has 0 saturated heterocycles. The lowest BCUT2D eigenvalue weighted by atomic mass is 10.1. The van der Waals surface area contributed by atoms with Crippen molar-refractivity contribution < 1.29 is 57.9 Å². The molecule has 1 aromatic carbocycles. The highest BCUT2D eigenvalue weighted by Gasteiger charge is 2.11. The van der Waals surface area contributed by atoms with Crippen LogP contribution in [0.15, 0.2) is 36.4 Å². The SMILES string of the molecule is O=C(O)/C=C\C(=O)OCCCCOC(=O)c1ccc(C(=O)OCCCCOC(=O)CCCCC(=O)O)cc1. The maximum Gasteiger partial charge on any atom is 0.338 e. The van der Waals surface area contributed by atoms with Gasteiger partial charge in [0.25, 0.3) is 0 Å². The van der Waals surface area contributed by atoms with Crippen LogP contribution in [-0.2, 0) is 38.1 Å². The molecule has 1 rings (SSSR count). The zero-order chi connectivity index (χ0) is 28.2. The number of carboxylic acids is 2. The number of ether oxygens (including phenoxy) is 4. The van der Waals surface area contributed by atoms with Crippen LogP contribution in [0.3, 0.4) is 0 Å². The van der Waals surface area contributed by atoms with E-state index in [1.54, 1.807) is 0 Å². The van der Waals surface area contributed by atoms with Crippen LogP contribution < -0.4 is 0 Å². The zero-order valence-electron chi connectivity index (χ0n) is 20.9. The number of carbonyl (C=O) groups is 6. The average molecular weight is 537 g/mol. The first kappa shape index (κ1) is 31.8. The second kappa shape index (κ2) is 19.0. The van der Waals surface area contributed by atoms with Gasteiger partial charge in [0, 0.05) is 25.0 Å². The molecular formula is C26H32O12. The third-order valence-electron chi connectivity index (χ3n) is 4.79. The fraction of sp³-hybridized carbons (Fsp3) is 0.462. The van der Waals surface area contributed by atoms with E-state index in [4.69, 9.17) is 29.2 Å². The van der Waals surface area contributed by atoms with Crippen LogP contribution in [0.2, 0.25) is 0 Å². The summed E-state index contributed by atoms with van der Waals surface area (Å²) in [5, 5.41) is 17.0. The van der Waals surface area contributed by atoms with Crippen LogP contribution >= 0.6 is 0 Å². The Morgan fingerprint density at radius 1 is 0.579 bits per heavy atom. The molecule has 0 radical (unpaired) electrons. The number of benzene rings is 1. The van der Waals surface area contributed by atoms with E-state index in [-0.39, 0.29) is 56.4 Å². The van der Waals surface area contributed by atoms with Gasteiger partial charge in [0.2, 0.25) is 0 Å². The minimum Gasteiger partial charge on any atom is -0.481 e. The van der Waals surface area contributed by atoms with E-state index < -0.39 is 29.8 Å². The van der Waals surface area contributed by atoms with Gasteiger partial charge in [-0.05, 0) is 62.8 Å². The van der Waals surface area contributed by atoms with Gasteiger partial charge in [0.15, 0.2) is 0 Å². The summed E-state index contributed by atoms with van der Waals surface area (Å²) in [5.74, 6) is -4.46. The Morgan fingerprint density at radius 2 is 1.03 bits per heavy atom. The Labute approximate surface area is 219 Å². The number of carboxylic acid groups (broad SMARTS) is 2. The average Bonchev–Trinajstić information content (AvgIpc) is 2.89. The predicted octanol–water partition coefficient (Wildman–Crippen LogP) is 2.93. The topological polar surface area (TPSA) is 180 Å². The van der Waals surface area contributed by atoms with Crippen molar-refractivity contribution in [3.63, 3.8) is 0 Å². The van der Waals surface area contributed by atoms with Gasteiger partial charge in [0.1, 0.15) is 0 Å². The van der Waals surface area contributed by atoms with Gasteiger partial charge in [0.05, 0.1) is 37.6 Å². The number of unbranched alkanes of at least 4 members (excludes halogenated alkanes) is 3. The van der Waals surface area contributed by atoms with Crippen molar-refractivity contribution in [1.82, 2.24) is 0 Å². The normalized spacial score (nSPS) is 10.5.